The van der Waals surface area contributed by atoms with Crippen molar-refractivity contribution < 1.29 is 0 Å². The number of nitrogens with one attached hydrogen (secondary N) is 1. The van der Waals surface area contributed by atoms with Crippen molar-refractivity contribution in [1.82, 2.24) is 0 Å². The summed E-state index contributed by atoms with van der Waals surface area (Å²) in [7, 11) is 2.20. The monoisotopic (exact) mass is 232 g/mol. The van der Waals surface area contributed by atoms with Gasteiger partial charge in [0.25, 0.3) is 0 Å². The van der Waals surface area contributed by atoms with E-state index in [0.717, 1.165) is 0 Å². The van der Waals surface area contributed by atoms with E-state index >= 15 is 0 Å². The SMILES string of the molecule is CC1Nc2cccc(C(C)(C)C)c2N(C)C1C. The number of hydrogen-bond donors (Lipinski definition) is 1. The molecule has 1 aromatic carbocycles. The molecule has 0 fully saturated rings. The third kappa shape index (κ3) is 2.01. The first-order valence-corrected chi connectivity index (χ1v) is 6.45. The van der Waals surface area contributed by atoms with Crippen LogP contribution in [0, 0.1) is 0 Å². The number of fused-ring (bicyclic) bond motifs is 1. The highest BCUT2D eigenvalue weighted by molar-refractivity contribution is 5.77. The van der Waals surface area contributed by atoms with E-state index in [1.807, 2.05) is 0 Å². The van der Waals surface area contributed by atoms with Crippen LogP contribution in [0.25, 0.3) is 0 Å². The molecule has 94 valence electrons. The maximum atomic E-state index is 3.61. The summed E-state index contributed by atoms with van der Waals surface area (Å²) < 4.78 is 0. The minimum Gasteiger partial charge on any atom is -0.379 e. The molecule has 2 heteroatoms. The molecular weight excluding hydrogens is 208 g/mol. The van der Waals surface area contributed by atoms with Gasteiger partial charge in [-0.15, -0.1) is 0 Å². The highest BCUT2D eigenvalue weighted by Crippen LogP contribution is 2.40. The summed E-state index contributed by atoms with van der Waals surface area (Å²) in [4.78, 5) is 2.41. The first kappa shape index (κ1) is 12.3. The van der Waals surface area contributed by atoms with Crippen LogP contribution in [0.4, 0.5) is 11.4 Å². The van der Waals surface area contributed by atoms with Crippen molar-refractivity contribution in [3.8, 4) is 0 Å². The zero-order chi connectivity index (χ0) is 12.8. The van der Waals surface area contributed by atoms with E-state index in [4.69, 9.17) is 0 Å². The van der Waals surface area contributed by atoms with Crippen molar-refractivity contribution in [2.75, 3.05) is 17.3 Å². The molecule has 0 radical (unpaired) electrons. The van der Waals surface area contributed by atoms with Crippen LogP contribution in [-0.4, -0.2) is 19.1 Å². The predicted octanol–water partition coefficient (Wildman–Crippen LogP) is 3.62. The van der Waals surface area contributed by atoms with Gasteiger partial charge in [0.15, 0.2) is 0 Å². The molecule has 0 saturated heterocycles. The zero-order valence-corrected chi connectivity index (χ0v) is 11.8. The second-order valence-electron chi connectivity index (χ2n) is 6.24. The van der Waals surface area contributed by atoms with Gasteiger partial charge in [-0.3, -0.25) is 0 Å². The fraction of sp³-hybridized carbons (Fsp3) is 0.600. The van der Waals surface area contributed by atoms with Crippen LogP contribution in [0.15, 0.2) is 18.2 Å². The van der Waals surface area contributed by atoms with Crippen LogP contribution in [-0.2, 0) is 5.41 Å². The van der Waals surface area contributed by atoms with Gasteiger partial charge in [0, 0.05) is 19.1 Å². The van der Waals surface area contributed by atoms with Gasteiger partial charge in [0.1, 0.15) is 0 Å². The number of hydrogen-bond acceptors (Lipinski definition) is 2. The van der Waals surface area contributed by atoms with Crippen LogP contribution in [0.5, 0.6) is 0 Å². The van der Waals surface area contributed by atoms with E-state index in [1.165, 1.54) is 16.9 Å². The van der Waals surface area contributed by atoms with Crippen LogP contribution in [0.3, 0.4) is 0 Å². The van der Waals surface area contributed by atoms with E-state index < -0.39 is 0 Å². The second-order valence-corrected chi connectivity index (χ2v) is 6.24. The lowest BCUT2D eigenvalue weighted by molar-refractivity contribution is 0.557. The van der Waals surface area contributed by atoms with Crippen LogP contribution >= 0.6 is 0 Å². The maximum absolute atomic E-state index is 3.61. The number of benzene rings is 1. The first-order chi connectivity index (χ1) is 7.82. The summed E-state index contributed by atoms with van der Waals surface area (Å²) in [6.45, 7) is 11.4. The Morgan fingerprint density at radius 2 is 1.82 bits per heavy atom. The Labute approximate surface area is 105 Å². The van der Waals surface area contributed by atoms with Crippen molar-refractivity contribution in [3.63, 3.8) is 0 Å². The number of likely N-dealkylation sites (N-methyl/N-ethyl adjacent to an activating group) is 1. The standard InChI is InChI=1S/C15H24N2/c1-10-11(2)17(6)14-12(15(3,4)5)8-7-9-13(14)16-10/h7-11,16H,1-6H3. The molecule has 1 heterocycles. The van der Waals surface area contributed by atoms with Gasteiger partial charge in [-0.25, -0.2) is 0 Å². The number of nitrogens with zero attached hydrogens (tertiary/aromatic N) is 1. The summed E-state index contributed by atoms with van der Waals surface area (Å²) in [5, 5.41) is 3.61. The molecule has 1 aliphatic heterocycles. The third-order valence-electron chi connectivity index (χ3n) is 3.91. The Hall–Kier alpha value is -1.18. The van der Waals surface area contributed by atoms with Crippen molar-refractivity contribution >= 4 is 11.4 Å². The van der Waals surface area contributed by atoms with Gasteiger partial charge >= 0.3 is 0 Å². The summed E-state index contributed by atoms with van der Waals surface area (Å²) in [5.74, 6) is 0. The number of anilines is 2. The average Bonchev–Trinajstić information content (AvgIpc) is 2.24. The van der Waals surface area contributed by atoms with E-state index in [9.17, 15) is 0 Å². The first-order valence-electron chi connectivity index (χ1n) is 6.45. The van der Waals surface area contributed by atoms with E-state index in [2.05, 4.69) is 70.1 Å². The Balaban J connectivity index is 2.58. The van der Waals surface area contributed by atoms with E-state index in [1.54, 1.807) is 0 Å². The maximum Gasteiger partial charge on any atom is 0.0640 e. The highest BCUT2D eigenvalue weighted by Gasteiger charge is 2.30. The molecule has 2 atom stereocenters. The average molecular weight is 232 g/mol. The molecule has 0 bridgehead atoms. The smallest absolute Gasteiger partial charge is 0.0640 e. The minimum absolute atomic E-state index is 0.182. The molecule has 0 spiro atoms. The number of para-hydroxylation sites is 1. The molecule has 17 heavy (non-hydrogen) atoms. The van der Waals surface area contributed by atoms with Crippen molar-refractivity contribution in [2.45, 2.75) is 52.1 Å². The molecule has 2 unspecified atom stereocenters. The molecule has 0 aromatic heterocycles. The lowest BCUT2D eigenvalue weighted by Crippen LogP contribution is -2.46. The highest BCUT2D eigenvalue weighted by atomic mass is 15.2. The molecule has 1 aromatic rings. The quantitative estimate of drug-likeness (QED) is 0.735. The van der Waals surface area contributed by atoms with Gasteiger partial charge in [0.2, 0.25) is 0 Å². The zero-order valence-electron chi connectivity index (χ0n) is 11.8. The largest absolute Gasteiger partial charge is 0.379 e. The normalized spacial score (nSPS) is 24.2. The molecule has 1 aliphatic rings. The fourth-order valence-corrected chi connectivity index (χ4v) is 2.55. The Morgan fingerprint density at radius 3 is 2.41 bits per heavy atom. The molecule has 0 aliphatic carbocycles. The molecule has 0 saturated carbocycles. The van der Waals surface area contributed by atoms with Gasteiger partial charge in [-0.05, 0) is 30.9 Å². The summed E-state index contributed by atoms with van der Waals surface area (Å²) in [5.41, 5.74) is 4.24. The van der Waals surface area contributed by atoms with Gasteiger partial charge < -0.3 is 10.2 Å². The predicted molar refractivity (Wildman–Crippen MR) is 76.1 cm³/mol. The molecular formula is C15H24N2. The van der Waals surface area contributed by atoms with Gasteiger partial charge in [-0.1, -0.05) is 32.9 Å². The van der Waals surface area contributed by atoms with E-state index in [-0.39, 0.29) is 5.41 Å². The summed E-state index contributed by atoms with van der Waals surface area (Å²) in [6, 6.07) is 7.60. The Bertz CT molecular complexity index is 417. The van der Waals surface area contributed by atoms with Crippen LogP contribution in [0.1, 0.15) is 40.2 Å². The summed E-state index contributed by atoms with van der Waals surface area (Å²) >= 11 is 0. The van der Waals surface area contributed by atoms with Crippen molar-refractivity contribution in [1.29, 1.82) is 0 Å². The van der Waals surface area contributed by atoms with Gasteiger partial charge in [-0.2, -0.15) is 0 Å². The van der Waals surface area contributed by atoms with Crippen LogP contribution < -0.4 is 10.2 Å². The molecule has 1 N–H and O–H groups in total. The number of rotatable bonds is 0. The molecule has 2 rings (SSSR count). The minimum atomic E-state index is 0.182. The Morgan fingerprint density at radius 1 is 1.18 bits per heavy atom. The molecule has 2 nitrogen and oxygen atoms in total. The topological polar surface area (TPSA) is 15.3 Å². The third-order valence-corrected chi connectivity index (χ3v) is 3.91. The fourth-order valence-electron chi connectivity index (χ4n) is 2.55. The van der Waals surface area contributed by atoms with Crippen molar-refractivity contribution in [3.05, 3.63) is 23.8 Å². The van der Waals surface area contributed by atoms with Crippen LogP contribution in [0.2, 0.25) is 0 Å². The lowest BCUT2D eigenvalue weighted by Gasteiger charge is -2.42. The van der Waals surface area contributed by atoms with Crippen molar-refractivity contribution in [2.24, 2.45) is 0 Å². The summed E-state index contributed by atoms with van der Waals surface area (Å²) in [6.07, 6.45) is 0. The Kier molecular flexibility index (Phi) is 2.84. The van der Waals surface area contributed by atoms with E-state index in [0.29, 0.717) is 12.1 Å². The second kappa shape index (κ2) is 3.94. The lowest BCUT2D eigenvalue weighted by atomic mass is 9.84. The molecule has 0 amide bonds. The van der Waals surface area contributed by atoms with Gasteiger partial charge in [0.05, 0.1) is 11.4 Å².